The number of hydrogen-bond acceptors (Lipinski definition) is 3. The molecular weight excluding hydrogens is 144 g/mol. The van der Waals surface area contributed by atoms with Gasteiger partial charge in [-0.3, -0.25) is 9.63 Å². The molecule has 66 valence electrons. The van der Waals surface area contributed by atoms with E-state index in [9.17, 15) is 4.79 Å². The van der Waals surface area contributed by atoms with Crippen LogP contribution in [0.4, 0.5) is 0 Å². The van der Waals surface area contributed by atoms with Gasteiger partial charge in [-0.05, 0) is 12.8 Å². The number of nitrogens with two attached hydrogens (primary N) is 1. The average Bonchev–Trinajstić information content (AvgIpc) is 1.98. The van der Waals surface area contributed by atoms with E-state index < -0.39 is 6.04 Å². The van der Waals surface area contributed by atoms with Crippen molar-refractivity contribution in [1.82, 2.24) is 5.48 Å². The van der Waals surface area contributed by atoms with Crippen LogP contribution in [0.2, 0.25) is 0 Å². The van der Waals surface area contributed by atoms with Crippen LogP contribution in [0.25, 0.3) is 0 Å². The topological polar surface area (TPSA) is 64.3 Å². The molecule has 1 amide bonds. The molecule has 0 bridgehead atoms. The average molecular weight is 160 g/mol. The first-order valence-corrected chi connectivity index (χ1v) is 3.76. The van der Waals surface area contributed by atoms with Crippen molar-refractivity contribution >= 4 is 5.91 Å². The van der Waals surface area contributed by atoms with Gasteiger partial charge in [-0.15, -0.1) is 0 Å². The highest BCUT2D eigenvalue weighted by Gasteiger charge is 2.16. The fourth-order valence-electron chi connectivity index (χ4n) is 0.514. The highest BCUT2D eigenvalue weighted by Crippen LogP contribution is 1.97. The van der Waals surface area contributed by atoms with Crippen LogP contribution in [-0.2, 0) is 9.63 Å². The van der Waals surface area contributed by atoms with Crippen LogP contribution in [0.1, 0.15) is 20.8 Å². The molecule has 4 nitrogen and oxygen atoms in total. The lowest BCUT2D eigenvalue weighted by atomic mass is 10.1. The third-order valence-electron chi connectivity index (χ3n) is 1.34. The molecule has 0 rings (SSSR count). The number of carbonyl (C=O) groups is 1. The summed E-state index contributed by atoms with van der Waals surface area (Å²) in [6, 6.07) is -0.485. The third kappa shape index (κ3) is 3.95. The standard InChI is InChI=1S/C7H16N2O2/c1-4-11-9-7(10)6(8)5(2)3/h5-6H,4,8H2,1-3H3,(H,9,10)/t6-/m0/s1. The molecule has 0 fully saturated rings. The normalized spacial score (nSPS) is 13.2. The van der Waals surface area contributed by atoms with E-state index in [1.165, 1.54) is 0 Å². The summed E-state index contributed by atoms with van der Waals surface area (Å²) < 4.78 is 0. The summed E-state index contributed by atoms with van der Waals surface area (Å²) in [6.45, 7) is 6.02. The molecule has 0 aliphatic carbocycles. The Balaban J connectivity index is 3.64. The second-order valence-electron chi connectivity index (χ2n) is 2.67. The zero-order valence-corrected chi connectivity index (χ0v) is 7.26. The maximum absolute atomic E-state index is 11.0. The van der Waals surface area contributed by atoms with Crippen LogP contribution in [0.5, 0.6) is 0 Å². The number of hydrogen-bond donors (Lipinski definition) is 2. The molecule has 1 atom stereocenters. The van der Waals surface area contributed by atoms with Gasteiger partial charge >= 0.3 is 0 Å². The molecule has 0 radical (unpaired) electrons. The Morgan fingerprint density at radius 3 is 2.55 bits per heavy atom. The van der Waals surface area contributed by atoms with E-state index in [0.717, 1.165) is 0 Å². The first-order chi connectivity index (χ1) is 5.09. The highest BCUT2D eigenvalue weighted by atomic mass is 16.6. The molecule has 0 spiro atoms. The van der Waals surface area contributed by atoms with Crippen molar-refractivity contribution in [2.75, 3.05) is 6.61 Å². The maximum Gasteiger partial charge on any atom is 0.260 e. The predicted molar refractivity (Wildman–Crippen MR) is 42.6 cm³/mol. The number of rotatable bonds is 4. The smallest absolute Gasteiger partial charge is 0.260 e. The van der Waals surface area contributed by atoms with Gasteiger partial charge in [-0.25, -0.2) is 5.48 Å². The van der Waals surface area contributed by atoms with Gasteiger partial charge in [-0.1, -0.05) is 13.8 Å². The molecule has 0 heterocycles. The molecule has 4 heteroatoms. The van der Waals surface area contributed by atoms with Crippen molar-refractivity contribution in [3.63, 3.8) is 0 Å². The van der Waals surface area contributed by atoms with E-state index >= 15 is 0 Å². The first kappa shape index (κ1) is 10.4. The van der Waals surface area contributed by atoms with Crippen LogP contribution in [-0.4, -0.2) is 18.6 Å². The van der Waals surface area contributed by atoms with Gasteiger partial charge in [0.15, 0.2) is 0 Å². The second-order valence-corrected chi connectivity index (χ2v) is 2.67. The number of nitrogens with one attached hydrogen (secondary N) is 1. The SMILES string of the molecule is CCONC(=O)[C@@H](N)C(C)C. The minimum atomic E-state index is -0.485. The number of hydroxylamine groups is 1. The number of amides is 1. The summed E-state index contributed by atoms with van der Waals surface area (Å²) in [5, 5.41) is 0. The Bertz CT molecular complexity index is 126. The molecule has 3 N–H and O–H groups in total. The number of carbonyl (C=O) groups excluding carboxylic acids is 1. The van der Waals surface area contributed by atoms with E-state index in [4.69, 9.17) is 5.73 Å². The van der Waals surface area contributed by atoms with Gasteiger partial charge in [0.2, 0.25) is 0 Å². The van der Waals surface area contributed by atoms with Crippen LogP contribution in [0, 0.1) is 5.92 Å². The second kappa shape index (κ2) is 5.09. The molecule has 11 heavy (non-hydrogen) atoms. The van der Waals surface area contributed by atoms with E-state index in [1.807, 2.05) is 13.8 Å². The summed E-state index contributed by atoms with van der Waals surface area (Å²) in [5.41, 5.74) is 7.76. The Morgan fingerprint density at radius 2 is 2.18 bits per heavy atom. The van der Waals surface area contributed by atoms with Crippen LogP contribution in [0.3, 0.4) is 0 Å². The van der Waals surface area contributed by atoms with Crippen molar-refractivity contribution in [3.8, 4) is 0 Å². The van der Waals surface area contributed by atoms with Crippen molar-refractivity contribution in [2.24, 2.45) is 11.7 Å². The molecule has 0 saturated heterocycles. The van der Waals surface area contributed by atoms with Crippen molar-refractivity contribution in [1.29, 1.82) is 0 Å². The minimum Gasteiger partial charge on any atom is -0.320 e. The van der Waals surface area contributed by atoms with Crippen molar-refractivity contribution < 1.29 is 9.63 Å². The maximum atomic E-state index is 11.0. The molecule has 0 aliphatic heterocycles. The van der Waals surface area contributed by atoms with E-state index in [0.29, 0.717) is 6.61 Å². The minimum absolute atomic E-state index is 0.135. The van der Waals surface area contributed by atoms with Crippen molar-refractivity contribution in [3.05, 3.63) is 0 Å². The van der Waals surface area contributed by atoms with Gasteiger partial charge in [-0.2, -0.15) is 0 Å². The fourth-order valence-corrected chi connectivity index (χ4v) is 0.514. The quantitative estimate of drug-likeness (QED) is 0.570. The Kier molecular flexibility index (Phi) is 4.81. The van der Waals surface area contributed by atoms with Gasteiger partial charge in [0.05, 0.1) is 12.6 Å². The summed E-state index contributed by atoms with van der Waals surface area (Å²) >= 11 is 0. The highest BCUT2D eigenvalue weighted by molar-refractivity contribution is 5.80. The monoisotopic (exact) mass is 160 g/mol. The van der Waals surface area contributed by atoms with Crippen molar-refractivity contribution in [2.45, 2.75) is 26.8 Å². The van der Waals surface area contributed by atoms with E-state index in [-0.39, 0.29) is 11.8 Å². The molecule has 0 unspecified atom stereocenters. The summed E-state index contributed by atoms with van der Waals surface area (Å²) in [6.07, 6.45) is 0. The van der Waals surface area contributed by atoms with Gasteiger partial charge in [0.1, 0.15) is 0 Å². The fraction of sp³-hybridized carbons (Fsp3) is 0.857. The van der Waals surface area contributed by atoms with E-state index in [1.54, 1.807) is 6.92 Å². The Labute approximate surface area is 67.0 Å². The van der Waals surface area contributed by atoms with Gasteiger partial charge in [0, 0.05) is 0 Å². The largest absolute Gasteiger partial charge is 0.320 e. The lowest BCUT2D eigenvalue weighted by Gasteiger charge is -2.14. The Morgan fingerprint density at radius 1 is 1.64 bits per heavy atom. The van der Waals surface area contributed by atoms with Crippen LogP contribution in [0.15, 0.2) is 0 Å². The summed E-state index contributed by atoms with van der Waals surface area (Å²) in [5.74, 6) is -0.127. The molecular formula is C7H16N2O2. The predicted octanol–water partition coefficient (Wildman–Crippen LogP) is 0.0374. The first-order valence-electron chi connectivity index (χ1n) is 3.76. The molecule has 0 aromatic rings. The molecule has 0 aromatic heterocycles. The van der Waals surface area contributed by atoms with Gasteiger partial charge in [0.25, 0.3) is 5.91 Å². The lowest BCUT2D eigenvalue weighted by molar-refractivity contribution is -0.135. The Hall–Kier alpha value is -0.610. The van der Waals surface area contributed by atoms with Crippen LogP contribution < -0.4 is 11.2 Å². The third-order valence-corrected chi connectivity index (χ3v) is 1.34. The van der Waals surface area contributed by atoms with Crippen LogP contribution >= 0.6 is 0 Å². The summed E-state index contributed by atoms with van der Waals surface area (Å²) in [7, 11) is 0. The summed E-state index contributed by atoms with van der Waals surface area (Å²) in [4.78, 5) is 15.7. The zero-order chi connectivity index (χ0) is 8.85. The zero-order valence-electron chi connectivity index (χ0n) is 7.26. The van der Waals surface area contributed by atoms with Gasteiger partial charge < -0.3 is 5.73 Å². The molecule has 0 saturated carbocycles. The molecule has 0 aromatic carbocycles. The van der Waals surface area contributed by atoms with E-state index in [2.05, 4.69) is 10.3 Å². The molecule has 0 aliphatic rings. The lowest BCUT2D eigenvalue weighted by Crippen LogP contribution is -2.43.